The van der Waals surface area contributed by atoms with Crippen LogP contribution in [0.5, 0.6) is 0 Å². The number of amides is 1. The van der Waals surface area contributed by atoms with E-state index in [1.54, 1.807) is 0 Å². The molecule has 198 valence electrons. The van der Waals surface area contributed by atoms with E-state index < -0.39 is 0 Å². The lowest BCUT2D eigenvalue weighted by Crippen LogP contribution is -2.47. The molecule has 0 spiro atoms. The number of piperazine rings is 1. The zero-order valence-corrected chi connectivity index (χ0v) is 22.5. The highest BCUT2D eigenvalue weighted by Crippen LogP contribution is 2.29. The Hall–Kier alpha value is -3.96. The summed E-state index contributed by atoms with van der Waals surface area (Å²) in [7, 11) is 0. The Morgan fingerprint density at radius 2 is 1.31 bits per heavy atom. The van der Waals surface area contributed by atoms with E-state index >= 15 is 0 Å². The first-order valence-electron chi connectivity index (χ1n) is 14.1. The van der Waals surface area contributed by atoms with Gasteiger partial charge >= 0.3 is 0 Å². The van der Waals surface area contributed by atoms with Crippen LogP contribution in [0.15, 0.2) is 103 Å². The molecule has 0 saturated carbocycles. The Kier molecular flexibility index (Phi) is 7.68. The van der Waals surface area contributed by atoms with Crippen molar-refractivity contribution in [2.75, 3.05) is 44.2 Å². The standard InChI is InChI=1S/C34H36N4O/c39-34-33-30(18-21-38(34)26-27-10-4-1-5-11-27)16-17-32(35-33)37-24-22-36(23-25-37)20-19-31(28-12-6-2-7-13-28)29-14-8-3-9-15-29/h1-17,31H,18-26H2. The van der Waals surface area contributed by atoms with E-state index in [0.717, 1.165) is 69.1 Å². The second kappa shape index (κ2) is 11.8. The van der Waals surface area contributed by atoms with E-state index in [1.807, 2.05) is 23.1 Å². The first-order chi connectivity index (χ1) is 19.2. The van der Waals surface area contributed by atoms with Crippen LogP contribution in [0.4, 0.5) is 5.82 Å². The number of pyridine rings is 1. The highest BCUT2D eigenvalue weighted by atomic mass is 16.2. The molecule has 3 aromatic carbocycles. The van der Waals surface area contributed by atoms with Gasteiger partial charge in [0.05, 0.1) is 0 Å². The largest absolute Gasteiger partial charge is 0.354 e. The molecule has 3 heterocycles. The van der Waals surface area contributed by atoms with Crippen molar-refractivity contribution >= 4 is 11.7 Å². The Morgan fingerprint density at radius 1 is 0.692 bits per heavy atom. The summed E-state index contributed by atoms with van der Waals surface area (Å²) in [4.78, 5) is 25.1. The lowest BCUT2D eigenvalue weighted by atomic mass is 9.88. The summed E-state index contributed by atoms with van der Waals surface area (Å²) in [6.45, 7) is 6.30. The maximum Gasteiger partial charge on any atom is 0.273 e. The molecule has 1 fully saturated rings. The van der Waals surface area contributed by atoms with E-state index in [-0.39, 0.29) is 5.91 Å². The molecule has 0 bridgehead atoms. The molecule has 6 rings (SSSR count). The topological polar surface area (TPSA) is 39.7 Å². The maximum atomic E-state index is 13.3. The number of fused-ring (bicyclic) bond motifs is 1. The Bertz CT molecular complexity index is 1330. The third kappa shape index (κ3) is 5.89. The predicted octanol–water partition coefficient (Wildman–Crippen LogP) is 5.62. The van der Waals surface area contributed by atoms with Gasteiger partial charge in [0.25, 0.3) is 5.91 Å². The molecule has 0 radical (unpaired) electrons. The number of hydrogen-bond donors (Lipinski definition) is 0. The molecule has 2 aliphatic rings. The van der Waals surface area contributed by atoms with E-state index in [9.17, 15) is 4.79 Å². The van der Waals surface area contributed by atoms with Gasteiger partial charge in [-0.1, -0.05) is 97.1 Å². The second-order valence-corrected chi connectivity index (χ2v) is 10.6. The third-order valence-corrected chi connectivity index (χ3v) is 8.16. The predicted molar refractivity (Wildman–Crippen MR) is 157 cm³/mol. The van der Waals surface area contributed by atoms with Crippen molar-refractivity contribution in [3.8, 4) is 0 Å². The Labute approximate surface area is 231 Å². The Balaban J connectivity index is 1.08. The second-order valence-electron chi connectivity index (χ2n) is 10.6. The van der Waals surface area contributed by atoms with Crippen molar-refractivity contribution < 1.29 is 4.79 Å². The smallest absolute Gasteiger partial charge is 0.273 e. The number of anilines is 1. The molecule has 1 aromatic heterocycles. The van der Waals surface area contributed by atoms with Gasteiger partial charge in [-0.25, -0.2) is 4.98 Å². The zero-order valence-electron chi connectivity index (χ0n) is 22.5. The van der Waals surface area contributed by atoms with Gasteiger partial charge in [-0.3, -0.25) is 9.69 Å². The summed E-state index contributed by atoms with van der Waals surface area (Å²) in [5, 5.41) is 0. The minimum absolute atomic E-state index is 0.0495. The molecule has 1 amide bonds. The minimum Gasteiger partial charge on any atom is -0.354 e. The average Bonchev–Trinajstić information content (AvgIpc) is 3.01. The summed E-state index contributed by atoms with van der Waals surface area (Å²) in [6, 6.07) is 36.2. The van der Waals surface area contributed by atoms with Gasteiger partial charge in [-0.15, -0.1) is 0 Å². The number of nitrogens with zero attached hydrogens (tertiary/aromatic N) is 4. The lowest BCUT2D eigenvalue weighted by Gasteiger charge is -2.36. The SMILES string of the molecule is O=C1c2nc(N3CCN(CCC(c4ccccc4)c4ccccc4)CC3)ccc2CCN1Cc1ccccc1. The molecule has 5 heteroatoms. The fourth-order valence-electron chi connectivity index (χ4n) is 5.91. The van der Waals surface area contributed by atoms with Crippen molar-refractivity contribution in [1.29, 1.82) is 0 Å². The first-order valence-corrected chi connectivity index (χ1v) is 14.1. The fourth-order valence-corrected chi connectivity index (χ4v) is 5.91. The normalized spacial score (nSPS) is 16.0. The van der Waals surface area contributed by atoms with Gasteiger partial charge in [-0.2, -0.15) is 0 Å². The number of benzene rings is 3. The van der Waals surface area contributed by atoms with Gasteiger partial charge in [-0.05, 0) is 47.7 Å². The van der Waals surface area contributed by atoms with Crippen molar-refractivity contribution in [2.24, 2.45) is 0 Å². The van der Waals surface area contributed by atoms with Gasteiger partial charge in [0.2, 0.25) is 0 Å². The molecular formula is C34H36N4O. The fraction of sp³-hybridized carbons (Fsp3) is 0.294. The van der Waals surface area contributed by atoms with Crippen LogP contribution in [0, 0.1) is 0 Å². The minimum atomic E-state index is 0.0495. The molecule has 4 aromatic rings. The monoisotopic (exact) mass is 516 g/mol. The number of carbonyl (C=O) groups is 1. The summed E-state index contributed by atoms with van der Waals surface area (Å²) >= 11 is 0. The van der Waals surface area contributed by atoms with E-state index in [2.05, 4.69) is 94.7 Å². The van der Waals surface area contributed by atoms with E-state index in [4.69, 9.17) is 4.98 Å². The highest BCUT2D eigenvalue weighted by molar-refractivity contribution is 5.95. The van der Waals surface area contributed by atoms with Crippen molar-refractivity contribution in [3.63, 3.8) is 0 Å². The maximum absolute atomic E-state index is 13.3. The molecule has 0 atom stereocenters. The van der Waals surface area contributed by atoms with Crippen molar-refractivity contribution in [3.05, 3.63) is 131 Å². The van der Waals surface area contributed by atoms with Crippen molar-refractivity contribution in [1.82, 2.24) is 14.8 Å². The molecule has 1 saturated heterocycles. The number of hydrogen-bond acceptors (Lipinski definition) is 4. The summed E-state index contributed by atoms with van der Waals surface area (Å²) in [5.41, 5.74) is 5.62. The molecule has 39 heavy (non-hydrogen) atoms. The lowest BCUT2D eigenvalue weighted by molar-refractivity contribution is 0.0720. The van der Waals surface area contributed by atoms with Gasteiger partial charge < -0.3 is 9.80 Å². The van der Waals surface area contributed by atoms with Crippen LogP contribution in [0.25, 0.3) is 0 Å². The quantitative estimate of drug-likeness (QED) is 0.305. The van der Waals surface area contributed by atoms with Crippen LogP contribution < -0.4 is 4.90 Å². The van der Waals surface area contributed by atoms with Crippen LogP contribution in [0.2, 0.25) is 0 Å². The van der Waals surface area contributed by atoms with Crippen molar-refractivity contribution in [2.45, 2.75) is 25.3 Å². The van der Waals surface area contributed by atoms with Crippen LogP contribution >= 0.6 is 0 Å². The van der Waals surface area contributed by atoms with Crippen LogP contribution in [-0.2, 0) is 13.0 Å². The molecule has 2 aliphatic heterocycles. The third-order valence-electron chi connectivity index (χ3n) is 8.16. The molecular weight excluding hydrogens is 480 g/mol. The van der Waals surface area contributed by atoms with E-state index in [0.29, 0.717) is 18.2 Å². The summed E-state index contributed by atoms with van der Waals surface area (Å²) < 4.78 is 0. The molecule has 0 N–H and O–H groups in total. The molecule has 5 nitrogen and oxygen atoms in total. The molecule has 0 aliphatic carbocycles. The van der Waals surface area contributed by atoms with Crippen LogP contribution in [-0.4, -0.2) is 60.0 Å². The van der Waals surface area contributed by atoms with Crippen LogP contribution in [0.3, 0.4) is 0 Å². The number of rotatable bonds is 8. The highest BCUT2D eigenvalue weighted by Gasteiger charge is 2.28. The summed E-state index contributed by atoms with van der Waals surface area (Å²) in [5.74, 6) is 1.38. The van der Waals surface area contributed by atoms with Crippen LogP contribution in [0.1, 0.15) is 45.1 Å². The van der Waals surface area contributed by atoms with E-state index in [1.165, 1.54) is 11.1 Å². The van der Waals surface area contributed by atoms with Gasteiger partial charge in [0, 0.05) is 45.2 Å². The summed E-state index contributed by atoms with van der Waals surface area (Å²) in [6.07, 6.45) is 1.95. The van der Waals surface area contributed by atoms with Gasteiger partial charge in [0.1, 0.15) is 11.5 Å². The average molecular weight is 517 g/mol. The van der Waals surface area contributed by atoms with Gasteiger partial charge in [0.15, 0.2) is 0 Å². The molecule has 0 unspecified atom stereocenters. The number of carbonyl (C=O) groups excluding carboxylic acids is 1. The first kappa shape index (κ1) is 25.3. The number of aromatic nitrogens is 1. The zero-order chi connectivity index (χ0) is 26.4. The Morgan fingerprint density at radius 3 is 1.95 bits per heavy atom.